The number of ether oxygens (including phenoxy) is 1. The molecule has 4 nitrogen and oxygen atoms in total. The maximum absolute atomic E-state index is 11.9. The first-order valence-corrected chi connectivity index (χ1v) is 7.98. The molecule has 0 fully saturated rings. The van der Waals surface area contributed by atoms with Crippen molar-refractivity contribution in [3.63, 3.8) is 0 Å². The molecule has 0 unspecified atom stereocenters. The van der Waals surface area contributed by atoms with Crippen LogP contribution in [0.4, 0.5) is 5.69 Å². The number of carbonyl (C=O) groups is 1. The Bertz CT molecular complexity index is 743. The smallest absolute Gasteiger partial charge is 0.262 e. The van der Waals surface area contributed by atoms with E-state index < -0.39 is 0 Å². The van der Waals surface area contributed by atoms with E-state index in [0.29, 0.717) is 17.0 Å². The van der Waals surface area contributed by atoms with Crippen LogP contribution < -0.4 is 10.1 Å². The summed E-state index contributed by atoms with van der Waals surface area (Å²) in [4.78, 5) is 11.9. The maximum atomic E-state index is 11.9. The first kappa shape index (κ1) is 17.6. The molecule has 0 aliphatic carbocycles. The van der Waals surface area contributed by atoms with Crippen molar-refractivity contribution < 1.29 is 9.53 Å². The van der Waals surface area contributed by atoms with E-state index in [-0.39, 0.29) is 17.9 Å². The zero-order chi connectivity index (χ0) is 17.6. The molecule has 0 aromatic heterocycles. The number of amides is 1. The Morgan fingerprint density at radius 1 is 1.21 bits per heavy atom. The van der Waals surface area contributed by atoms with Crippen molar-refractivity contribution in [3.05, 3.63) is 59.7 Å². The number of nitriles is 1. The molecule has 124 valence electrons. The predicted octanol–water partition coefficient (Wildman–Crippen LogP) is 4.26. The lowest BCUT2D eigenvalue weighted by Crippen LogP contribution is -2.20. The van der Waals surface area contributed by atoms with E-state index in [1.807, 2.05) is 30.3 Å². The third kappa shape index (κ3) is 4.60. The van der Waals surface area contributed by atoms with Crippen molar-refractivity contribution in [1.82, 2.24) is 0 Å². The van der Waals surface area contributed by atoms with E-state index >= 15 is 0 Å². The highest BCUT2D eigenvalue weighted by Crippen LogP contribution is 2.28. The van der Waals surface area contributed by atoms with Gasteiger partial charge in [-0.3, -0.25) is 4.79 Å². The van der Waals surface area contributed by atoms with Crippen LogP contribution in [0.15, 0.2) is 48.5 Å². The summed E-state index contributed by atoms with van der Waals surface area (Å²) in [7, 11) is 0. The van der Waals surface area contributed by atoms with Crippen LogP contribution in [0.5, 0.6) is 5.75 Å². The molecule has 0 atom stereocenters. The number of nitrogens with zero attached hydrogens (tertiary/aromatic N) is 1. The summed E-state index contributed by atoms with van der Waals surface area (Å²) in [5, 5.41) is 11.6. The molecule has 1 amide bonds. The Kier molecular flexibility index (Phi) is 5.59. The van der Waals surface area contributed by atoms with Crippen LogP contribution in [-0.4, -0.2) is 12.5 Å². The topological polar surface area (TPSA) is 62.1 Å². The van der Waals surface area contributed by atoms with E-state index in [1.165, 1.54) is 5.56 Å². The SMILES string of the molecule is CCC(C)(C)c1ccc(OCC(=O)Nc2cccc(C#N)c2)cc1. The summed E-state index contributed by atoms with van der Waals surface area (Å²) < 4.78 is 5.52. The van der Waals surface area contributed by atoms with Gasteiger partial charge in [-0.25, -0.2) is 0 Å². The van der Waals surface area contributed by atoms with Gasteiger partial charge in [-0.05, 0) is 47.7 Å². The Morgan fingerprint density at radius 2 is 1.92 bits per heavy atom. The Hall–Kier alpha value is -2.80. The van der Waals surface area contributed by atoms with Crippen molar-refractivity contribution in [3.8, 4) is 11.8 Å². The maximum Gasteiger partial charge on any atom is 0.262 e. The van der Waals surface area contributed by atoms with Crippen molar-refractivity contribution in [2.45, 2.75) is 32.6 Å². The minimum Gasteiger partial charge on any atom is -0.484 e. The first-order valence-electron chi connectivity index (χ1n) is 7.98. The molecular formula is C20H22N2O2. The Balaban J connectivity index is 1.91. The van der Waals surface area contributed by atoms with Crippen molar-refractivity contribution in [2.24, 2.45) is 0 Å². The molecule has 1 N–H and O–H groups in total. The fourth-order valence-corrected chi connectivity index (χ4v) is 2.22. The number of nitrogens with one attached hydrogen (secondary N) is 1. The van der Waals surface area contributed by atoms with Crippen LogP contribution in [0.1, 0.15) is 38.3 Å². The van der Waals surface area contributed by atoms with E-state index in [9.17, 15) is 4.79 Å². The van der Waals surface area contributed by atoms with Gasteiger partial charge >= 0.3 is 0 Å². The van der Waals surface area contributed by atoms with E-state index in [0.717, 1.165) is 6.42 Å². The van der Waals surface area contributed by atoms with Gasteiger partial charge in [0.15, 0.2) is 6.61 Å². The normalized spacial score (nSPS) is 10.8. The zero-order valence-electron chi connectivity index (χ0n) is 14.3. The second kappa shape index (κ2) is 7.65. The standard InChI is InChI=1S/C20H22N2O2/c1-4-20(2,3)16-8-10-18(11-9-16)24-14-19(23)22-17-7-5-6-15(12-17)13-21/h5-12H,4,14H2,1-3H3,(H,22,23). The number of anilines is 1. The highest BCUT2D eigenvalue weighted by Gasteiger charge is 2.17. The lowest BCUT2D eigenvalue weighted by atomic mass is 9.82. The molecule has 2 rings (SSSR count). The average molecular weight is 322 g/mol. The summed E-state index contributed by atoms with van der Waals surface area (Å²) in [6.07, 6.45) is 1.05. The van der Waals surface area contributed by atoms with Gasteiger partial charge in [0.05, 0.1) is 11.6 Å². The molecule has 0 heterocycles. The summed E-state index contributed by atoms with van der Waals surface area (Å²) >= 11 is 0. The van der Waals surface area contributed by atoms with Gasteiger partial charge in [-0.2, -0.15) is 5.26 Å². The van der Waals surface area contributed by atoms with Gasteiger partial charge in [-0.1, -0.05) is 39.0 Å². The first-order chi connectivity index (χ1) is 11.4. The monoisotopic (exact) mass is 322 g/mol. The number of carbonyl (C=O) groups excluding carboxylic acids is 1. The molecule has 0 spiro atoms. The number of benzene rings is 2. The van der Waals surface area contributed by atoms with Gasteiger partial charge in [0.1, 0.15) is 5.75 Å². The average Bonchev–Trinajstić information content (AvgIpc) is 2.60. The molecule has 0 aliphatic heterocycles. The summed E-state index contributed by atoms with van der Waals surface area (Å²) in [6.45, 7) is 6.49. The van der Waals surface area contributed by atoms with Gasteiger partial charge in [0, 0.05) is 5.69 Å². The Labute approximate surface area is 143 Å². The molecular weight excluding hydrogens is 300 g/mol. The fourth-order valence-electron chi connectivity index (χ4n) is 2.22. The summed E-state index contributed by atoms with van der Waals surface area (Å²) in [5.74, 6) is 0.398. The fraction of sp³-hybridized carbons (Fsp3) is 0.300. The highest BCUT2D eigenvalue weighted by atomic mass is 16.5. The molecule has 24 heavy (non-hydrogen) atoms. The third-order valence-electron chi connectivity index (χ3n) is 4.17. The number of rotatable bonds is 6. The highest BCUT2D eigenvalue weighted by molar-refractivity contribution is 5.92. The third-order valence-corrected chi connectivity index (χ3v) is 4.17. The van der Waals surface area contributed by atoms with Crippen LogP contribution >= 0.6 is 0 Å². The number of hydrogen-bond donors (Lipinski definition) is 1. The van der Waals surface area contributed by atoms with Gasteiger partial charge in [0.25, 0.3) is 5.91 Å². The molecule has 0 radical (unpaired) electrons. The van der Waals surface area contributed by atoms with Crippen molar-refractivity contribution in [1.29, 1.82) is 5.26 Å². The molecule has 0 saturated carbocycles. The van der Waals surface area contributed by atoms with Gasteiger partial charge < -0.3 is 10.1 Å². The van der Waals surface area contributed by atoms with Gasteiger partial charge in [0.2, 0.25) is 0 Å². The Morgan fingerprint density at radius 3 is 2.54 bits per heavy atom. The minimum atomic E-state index is -0.261. The largest absolute Gasteiger partial charge is 0.484 e. The summed E-state index contributed by atoms with van der Waals surface area (Å²) in [6, 6.07) is 16.7. The van der Waals surface area contributed by atoms with Crippen molar-refractivity contribution in [2.75, 3.05) is 11.9 Å². The second-order valence-electron chi connectivity index (χ2n) is 6.29. The zero-order valence-corrected chi connectivity index (χ0v) is 14.3. The van der Waals surface area contributed by atoms with E-state index in [2.05, 4.69) is 26.1 Å². The quantitative estimate of drug-likeness (QED) is 0.864. The molecule has 0 aliphatic rings. The molecule has 2 aromatic rings. The summed E-state index contributed by atoms with van der Waals surface area (Å²) in [5.41, 5.74) is 2.46. The predicted molar refractivity (Wildman–Crippen MR) is 95.0 cm³/mol. The van der Waals surface area contributed by atoms with Crippen LogP contribution in [0, 0.1) is 11.3 Å². The molecule has 4 heteroatoms. The van der Waals surface area contributed by atoms with Crippen LogP contribution in [0.3, 0.4) is 0 Å². The number of hydrogen-bond acceptors (Lipinski definition) is 3. The van der Waals surface area contributed by atoms with Crippen molar-refractivity contribution >= 4 is 11.6 Å². The molecule has 0 bridgehead atoms. The van der Waals surface area contributed by atoms with E-state index in [1.54, 1.807) is 24.3 Å². The van der Waals surface area contributed by atoms with Crippen LogP contribution in [-0.2, 0) is 10.2 Å². The second-order valence-corrected chi connectivity index (χ2v) is 6.29. The molecule has 0 saturated heterocycles. The van der Waals surface area contributed by atoms with Crippen LogP contribution in [0.25, 0.3) is 0 Å². The molecule has 2 aromatic carbocycles. The van der Waals surface area contributed by atoms with Crippen LogP contribution in [0.2, 0.25) is 0 Å². The minimum absolute atomic E-state index is 0.0761. The van der Waals surface area contributed by atoms with Gasteiger partial charge in [-0.15, -0.1) is 0 Å². The lowest BCUT2D eigenvalue weighted by molar-refractivity contribution is -0.118. The lowest BCUT2D eigenvalue weighted by Gasteiger charge is -2.23. The van der Waals surface area contributed by atoms with E-state index in [4.69, 9.17) is 10.00 Å².